The number of esters is 2. The van der Waals surface area contributed by atoms with Crippen LogP contribution >= 0.6 is 0 Å². The van der Waals surface area contributed by atoms with Gasteiger partial charge >= 0.3 is 11.9 Å². The van der Waals surface area contributed by atoms with E-state index >= 15 is 0 Å². The second-order valence-corrected chi connectivity index (χ2v) is 15.6. The predicted molar refractivity (Wildman–Crippen MR) is 180 cm³/mol. The topological polar surface area (TPSA) is 69.7 Å². The Morgan fingerprint density at radius 2 is 1.52 bits per heavy atom. The minimum absolute atomic E-state index is 0.0166. The highest BCUT2D eigenvalue weighted by Crippen LogP contribution is 2.66. The van der Waals surface area contributed by atoms with Crippen molar-refractivity contribution in [1.82, 2.24) is 0 Å². The molecule has 0 unspecified atom stereocenters. The van der Waals surface area contributed by atoms with E-state index in [0.29, 0.717) is 53.1 Å². The monoisotopic (exact) mass is 624 g/mol. The van der Waals surface area contributed by atoms with Crippen molar-refractivity contribution in [1.29, 1.82) is 0 Å². The van der Waals surface area contributed by atoms with E-state index in [4.69, 9.17) is 9.47 Å². The van der Waals surface area contributed by atoms with Crippen LogP contribution in [-0.2, 0) is 14.3 Å². The van der Waals surface area contributed by atoms with E-state index in [1.54, 1.807) is 12.1 Å². The number of rotatable bonds is 10. The summed E-state index contributed by atoms with van der Waals surface area (Å²) < 4.78 is 11.6. The Bertz CT molecular complexity index is 1430. The number of allylic oxidation sites excluding steroid dienone is 2. The van der Waals surface area contributed by atoms with E-state index < -0.39 is 0 Å². The summed E-state index contributed by atoms with van der Waals surface area (Å²) in [5, 5.41) is 0. The van der Waals surface area contributed by atoms with Crippen molar-refractivity contribution < 1.29 is 23.9 Å². The fourth-order valence-corrected chi connectivity index (χ4v) is 10.2. The molecule has 0 spiro atoms. The summed E-state index contributed by atoms with van der Waals surface area (Å²) in [6.07, 6.45) is 12.6. The summed E-state index contributed by atoms with van der Waals surface area (Å²) in [4.78, 5) is 38.9. The number of carbonyl (C=O) groups excluding carboxylic acids is 3. The van der Waals surface area contributed by atoms with Crippen LogP contribution in [0.4, 0.5) is 0 Å². The SMILES string of the molecule is C[C@H](CCC[C@@H](C)C1=CC(=O)[C@@H]2[C@@H]3CC[C@H]4C[C@@H](OC(=O)c5ccccc5)CC[C@]4(C)[C@H]3CC[C@]12C)COC(=O)c1ccccc1. The number of fused-ring (bicyclic) bond motifs is 5. The molecule has 2 aromatic rings. The van der Waals surface area contributed by atoms with Crippen molar-refractivity contribution in [2.45, 2.75) is 98.0 Å². The Kier molecular flexibility index (Phi) is 9.60. The van der Waals surface area contributed by atoms with E-state index in [9.17, 15) is 14.4 Å². The van der Waals surface area contributed by atoms with Gasteiger partial charge in [-0.05, 0) is 129 Å². The molecule has 0 amide bonds. The maximum atomic E-state index is 13.8. The fourth-order valence-electron chi connectivity index (χ4n) is 10.2. The standard InChI is InChI=1S/C41H52O5/c1-27(26-45-38(43)29-14-7-5-8-15-29)12-11-13-28(2)35-25-36(42)37-33-19-18-31-24-32(46-39(44)30-16-9-6-10-17-30)20-22-40(31,3)34(33)21-23-41(35,37)4/h5-10,14-17,25,27-28,31-34,37H,11-13,18-24,26H2,1-4H3/t27-,28-,31+,32+,33-,34+,37+,40+,41-/m1/s1. The molecule has 3 fully saturated rings. The number of ketones is 1. The third-order valence-corrected chi connectivity index (χ3v) is 12.7. The highest BCUT2D eigenvalue weighted by molar-refractivity contribution is 5.97. The highest BCUT2D eigenvalue weighted by atomic mass is 16.5. The average molecular weight is 625 g/mol. The molecule has 9 atom stereocenters. The second-order valence-electron chi connectivity index (χ2n) is 15.6. The van der Waals surface area contributed by atoms with Crippen molar-refractivity contribution >= 4 is 17.7 Å². The minimum Gasteiger partial charge on any atom is -0.462 e. The summed E-state index contributed by atoms with van der Waals surface area (Å²) in [6, 6.07) is 18.5. The molecule has 4 aliphatic rings. The van der Waals surface area contributed by atoms with Crippen LogP contribution in [0.15, 0.2) is 72.3 Å². The Labute approximate surface area is 275 Å². The van der Waals surface area contributed by atoms with Gasteiger partial charge in [-0.2, -0.15) is 0 Å². The number of benzene rings is 2. The van der Waals surface area contributed by atoms with Gasteiger partial charge in [-0.1, -0.05) is 76.1 Å². The molecular weight excluding hydrogens is 572 g/mol. The van der Waals surface area contributed by atoms with Crippen LogP contribution in [0.1, 0.15) is 113 Å². The summed E-state index contributed by atoms with van der Waals surface area (Å²) in [7, 11) is 0. The zero-order chi connectivity index (χ0) is 32.5. The van der Waals surface area contributed by atoms with E-state index in [2.05, 4.69) is 33.8 Å². The molecule has 3 saturated carbocycles. The third-order valence-electron chi connectivity index (χ3n) is 12.7. The van der Waals surface area contributed by atoms with Crippen LogP contribution < -0.4 is 0 Å². The van der Waals surface area contributed by atoms with E-state index in [0.717, 1.165) is 57.8 Å². The van der Waals surface area contributed by atoms with Crippen LogP contribution in [0.3, 0.4) is 0 Å². The predicted octanol–water partition coefficient (Wildman–Crippen LogP) is 9.27. The molecule has 2 aromatic carbocycles. The molecule has 0 aromatic heterocycles. The van der Waals surface area contributed by atoms with Gasteiger partial charge in [0, 0.05) is 5.92 Å². The lowest BCUT2D eigenvalue weighted by Crippen LogP contribution is -2.55. The van der Waals surface area contributed by atoms with Gasteiger partial charge in [-0.15, -0.1) is 0 Å². The van der Waals surface area contributed by atoms with Crippen LogP contribution in [-0.4, -0.2) is 30.4 Å². The van der Waals surface area contributed by atoms with Crippen molar-refractivity contribution in [3.8, 4) is 0 Å². The van der Waals surface area contributed by atoms with Gasteiger partial charge in [0.2, 0.25) is 0 Å². The summed E-state index contributed by atoms with van der Waals surface area (Å²) in [5.41, 5.74) is 2.77. The Morgan fingerprint density at radius 3 is 2.22 bits per heavy atom. The zero-order valence-electron chi connectivity index (χ0n) is 28.2. The van der Waals surface area contributed by atoms with Crippen molar-refractivity contribution in [3.63, 3.8) is 0 Å². The Hall–Kier alpha value is -3.21. The Morgan fingerprint density at radius 1 is 0.848 bits per heavy atom. The lowest BCUT2D eigenvalue weighted by molar-refractivity contribution is -0.142. The Balaban J connectivity index is 1.02. The first-order valence-electron chi connectivity index (χ1n) is 17.8. The maximum absolute atomic E-state index is 13.8. The maximum Gasteiger partial charge on any atom is 0.338 e. The fraction of sp³-hybridized carbons (Fsp3) is 0.585. The van der Waals surface area contributed by atoms with E-state index in [1.165, 1.54) is 12.0 Å². The lowest BCUT2D eigenvalue weighted by Gasteiger charge is -2.60. The van der Waals surface area contributed by atoms with Gasteiger partial charge in [-0.3, -0.25) is 4.79 Å². The first kappa shape index (κ1) is 32.7. The van der Waals surface area contributed by atoms with E-state index in [1.807, 2.05) is 48.5 Å². The largest absolute Gasteiger partial charge is 0.462 e. The number of carbonyl (C=O) groups is 3. The van der Waals surface area contributed by atoms with E-state index in [-0.39, 0.29) is 34.8 Å². The molecule has 0 heterocycles. The molecule has 4 aliphatic carbocycles. The second kappa shape index (κ2) is 13.5. The van der Waals surface area contributed by atoms with Gasteiger partial charge in [0.1, 0.15) is 6.10 Å². The zero-order valence-corrected chi connectivity index (χ0v) is 28.2. The van der Waals surface area contributed by atoms with Gasteiger partial charge in [-0.25, -0.2) is 9.59 Å². The first-order valence-corrected chi connectivity index (χ1v) is 17.8. The highest BCUT2D eigenvalue weighted by Gasteiger charge is 2.61. The van der Waals surface area contributed by atoms with Gasteiger partial charge in [0.05, 0.1) is 17.7 Å². The van der Waals surface area contributed by atoms with Crippen LogP contribution in [0.25, 0.3) is 0 Å². The van der Waals surface area contributed by atoms with Crippen molar-refractivity contribution in [2.75, 3.05) is 6.61 Å². The van der Waals surface area contributed by atoms with Crippen molar-refractivity contribution in [2.24, 2.45) is 46.3 Å². The first-order chi connectivity index (χ1) is 22.1. The van der Waals surface area contributed by atoms with Gasteiger partial charge in [0.25, 0.3) is 0 Å². The molecule has 5 nitrogen and oxygen atoms in total. The van der Waals surface area contributed by atoms with Crippen LogP contribution in [0.2, 0.25) is 0 Å². The molecule has 246 valence electrons. The summed E-state index contributed by atoms with van der Waals surface area (Å²) in [6.45, 7) is 9.77. The van der Waals surface area contributed by atoms with Crippen LogP contribution in [0, 0.1) is 46.3 Å². The molecule has 0 saturated heterocycles. The number of ether oxygens (including phenoxy) is 2. The lowest BCUT2D eigenvalue weighted by atomic mass is 9.44. The number of hydrogen-bond donors (Lipinski definition) is 0. The minimum atomic E-state index is -0.257. The van der Waals surface area contributed by atoms with Crippen molar-refractivity contribution in [3.05, 3.63) is 83.4 Å². The average Bonchev–Trinajstić information content (AvgIpc) is 3.34. The molecule has 0 bridgehead atoms. The van der Waals surface area contributed by atoms with Gasteiger partial charge in [0.15, 0.2) is 5.78 Å². The van der Waals surface area contributed by atoms with Crippen LogP contribution in [0.5, 0.6) is 0 Å². The quantitative estimate of drug-likeness (QED) is 0.247. The molecule has 6 rings (SSSR count). The number of hydrogen-bond acceptors (Lipinski definition) is 5. The normalized spacial score (nSPS) is 33.1. The summed E-state index contributed by atoms with van der Waals surface area (Å²) >= 11 is 0. The molecule has 0 radical (unpaired) electrons. The molecule has 0 N–H and O–H groups in total. The molecule has 46 heavy (non-hydrogen) atoms. The molecule has 5 heteroatoms. The smallest absolute Gasteiger partial charge is 0.338 e. The van der Waals surface area contributed by atoms with Gasteiger partial charge < -0.3 is 9.47 Å². The third kappa shape index (κ3) is 6.36. The summed E-state index contributed by atoms with van der Waals surface area (Å²) in [5.74, 6) is 2.21. The molecular formula is C41H52O5. The molecule has 0 aliphatic heterocycles.